The summed E-state index contributed by atoms with van der Waals surface area (Å²) in [5.41, 5.74) is 0.475. The fraction of sp³-hybridized carbons (Fsp3) is 0.875. The third-order valence-corrected chi connectivity index (χ3v) is 4.82. The molecule has 1 atom stereocenters. The van der Waals surface area contributed by atoms with Crippen LogP contribution in [0.4, 0.5) is 0 Å². The normalized spacial score (nSPS) is 30.8. The van der Waals surface area contributed by atoms with Gasteiger partial charge in [-0.2, -0.15) is 0 Å². The number of hydrogen-bond acceptors (Lipinski definition) is 2. The summed E-state index contributed by atoms with van der Waals surface area (Å²) in [6.45, 7) is 8.04. The summed E-state index contributed by atoms with van der Waals surface area (Å²) in [6.07, 6.45) is 8.80. The number of hydrogen-bond donors (Lipinski definition) is 1. The van der Waals surface area contributed by atoms with Crippen LogP contribution in [-0.4, -0.2) is 19.7 Å². The molecular formula is C16H29NO. The zero-order valence-electron chi connectivity index (χ0n) is 12.5. The van der Waals surface area contributed by atoms with Gasteiger partial charge in [0.05, 0.1) is 12.6 Å². The molecular weight excluding hydrogens is 222 g/mol. The van der Waals surface area contributed by atoms with Crippen LogP contribution in [0.2, 0.25) is 0 Å². The summed E-state index contributed by atoms with van der Waals surface area (Å²) >= 11 is 0. The van der Waals surface area contributed by atoms with E-state index >= 15 is 0 Å². The number of ether oxygens (including phenoxy) is 1. The lowest BCUT2D eigenvalue weighted by Crippen LogP contribution is -2.39. The summed E-state index contributed by atoms with van der Waals surface area (Å²) in [5, 5.41) is 3.47. The third-order valence-electron chi connectivity index (χ3n) is 4.82. The summed E-state index contributed by atoms with van der Waals surface area (Å²) in [4.78, 5) is 0. The molecule has 104 valence electrons. The second kappa shape index (κ2) is 5.64. The molecule has 0 spiro atoms. The summed E-state index contributed by atoms with van der Waals surface area (Å²) in [7, 11) is 2.07. The van der Waals surface area contributed by atoms with Crippen LogP contribution < -0.4 is 5.32 Å². The molecule has 2 aliphatic rings. The quantitative estimate of drug-likeness (QED) is 0.825. The van der Waals surface area contributed by atoms with Crippen molar-refractivity contribution in [1.29, 1.82) is 0 Å². The molecule has 1 N–H and O–H groups in total. The van der Waals surface area contributed by atoms with Crippen LogP contribution in [0.1, 0.15) is 52.9 Å². The minimum atomic E-state index is 0.452. The number of rotatable bonds is 3. The highest BCUT2D eigenvalue weighted by molar-refractivity contribution is 5.09. The average molecular weight is 251 g/mol. The molecule has 0 radical (unpaired) electrons. The molecule has 1 aliphatic heterocycles. The van der Waals surface area contributed by atoms with Crippen molar-refractivity contribution >= 4 is 0 Å². The molecule has 0 saturated heterocycles. The molecule has 0 aromatic rings. The fourth-order valence-electron chi connectivity index (χ4n) is 3.58. The molecule has 1 saturated carbocycles. The first kappa shape index (κ1) is 13.9. The van der Waals surface area contributed by atoms with Gasteiger partial charge in [0.1, 0.15) is 5.76 Å². The van der Waals surface area contributed by atoms with Gasteiger partial charge in [-0.1, -0.05) is 20.8 Å². The zero-order chi connectivity index (χ0) is 13.2. The molecule has 1 fully saturated rings. The fourth-order valence-corrected chi connectivity index (χ4v) is 3.58. The molecule has 2 heteroatoms. The lowest BCUT2D eigenvalue weighted by Gasteiger charge is -2.39. The average Bonchev–Trinajstić information content (AvgIpc) is 2.83. The van der Waals surface area contributed by atoms with Crippen molar-refractivity contribution in [3.05, 3.63) is 11.8 Å². The Labute approximate surface area is 112 Å². The first-order valence-corrected chi connectivity index (χ1v) is 7.52. The van der Waals surface area contributed by atoms with Crippen molar-refractivity contribution in [3.8, 4) is 0 Å². The van der Waals surface area contributed by atoms with E-state index in [-0.39, 0.29) is 0 Å². The van der Waals surface area contributed by atoms with Crippen molar-refractivity contribution < 1.29 is 4.74 Å². The van der Waals surface area contributed by atoms with Crippen molar-refractivity contribution in [2.75, 3.05) is 13.7 Å². The van der Waals surface area contributed by atoms with Gasteiger partial charge in [0.15, 0.2) is 0 Å². The van der Waals surface area contributed by atoms with E-state index in [1.165, 1.54) is 31.4 Å². The number of likely N-dealkylation sites (N-methyl/N-ethyl adjacent to an activating group) is 1. The molecule has 1 unspecified atom stereocenters. The Kier molecular flexibility index (Phi) is 4.37. The van der Waals surface area contributed by atoms with Crippen LogP contribution in [0.5, 0.6) is 0 Å². The summed E-state index contributed by atoms with van der Waals surface area (Å²) in [5.74, 6) is 2.86. The Hall–Kier alpha value is -0.500. The molecule has 0 aromatic carbocycles. The Balaban J connectivity index is 1.92. The second-order valence-electron chi connectivity index (χ2n) is 6.99. The highest BCUT2D eigenvalue weighted by Gasteiger charge is 2.34. The number of nitrogens with one attached hydrogen (secondary N) is 1. The van der Waals surface area contributed by atoms with Crippen LogP contribution in [0.15, 0.2) is 11.8 Å². The maximum Gasteiger partial charge on any atom is 0.109 e. The highest BCUT2D eigenvalue weighted by atomic mass is 16.5. The molecule has 1 heterocycles. The van der Waals surface area contributed by atoms with Crippen molar-refractivity contribution in [2.24, 2.45) is 17.3 Å². The Morgan fingerprint density at radius 2 is 1.89 bits per heavy atom. The predicted octanol–water partition coefficient (Wildman–Crippen LogP) is 3.73. The van der Waals surface area contributed by atoms with E-state index in [9.17, 15) is 0 Å². The first-order valence-electron chi connectivity index (χ1n) is 7.52. The Morgan fingerprint density at radius 3 is 2.33 bits per heavy atom. The summed E-state index contributed by atoms with van der Waals surface area (Å²) < 4.78 is 5.75. The van der Waals surface area contributed by atoms with Gasteiger partial charge >= 0.3 is 0 Å². The van der Waals surface area contributed by atoms with Crippen LogP contribution in [0.25, 0.3) is 0 Å². The van der Waals surface area contributed by atoms with E-state index in [2.05, 4.69) is 39.2 Å². The molecule has 2 nitrogen and oxygen atoms in total. The van der Waals surface area contributed by atoms with Gasteiger partial charge in [-0.3, -0.25) is 0 Å². The van der Waals surface area contributed by atoms with Gasteiger partial charge in [-0.15, -0.1) is 0 Å². The molecule has 1 aliphatic carbocycles. The molecule has 0 aromatic heterocycles. The second-order valence-corrected chi connectivity index (χ2v) is 6.99. The van der Waals surface area contributed by atoms with Gasteiger partial charge in [0.25, 0.3) is 0 Å². The van der Waals surface area contributed by atoms with Gasteiger partial charge < -0.3 is 10.1 Å². The zero-order valence-corrected chi connectivity index (χ0v) is 12.5. The van der Waals surface area contributed by atoms with Gasteiger partial charge in [0.2, 0.25) is 0 Å². The van der Waals surface area contributed by atoms with E-state index in [0.29, 0.717) is 11.5 Å². The molecule has 18 heavy (non-hydrogen) atoms. The standard InChI is InChI=1S/C16H29NO/c1-16(2,3)13-9-7-12(8-10-13)15(17-4)14-6-5-11-18-14/h6,12-13,15,17H,5,7-11H2,1-4H3. The molecule has 0 amide bonds. The van der Waals surface area contributed by atoms with E-state index < -0.39 is 0 Å². The van der Waals surface area contributed by atoms with Gasteiger partial charge in [-0.05, 0) is 56.1 Å². The largest absolute Gasteiger partial charge is 0.496 e. The van der Waals surface area contributed by atoms with E-state index in [1.807, 2.05) is 0 Å². The van der Waals surface area contributed by atoms with Crippen molar-refractivity contribution in [3.63, 3.8) is 0 Å². The Bertz CT molecular complexity index is 295. The first-order chi connectivity index (χ1) is 8.52. The topological polar surface area (TPSA) is 21.3 Å². The minimum Gasteiger partial charge on any atom is -0.496 e. The lowest BCUT2D eigenvalue weighted by atomic mass is 9.68. The smallest absolute Gasteiger partial charge is 0.109 e. The van der Waals surface area contributed by atoms with E-state index in [4.69, 9.17) is 4.74 Å². The lowest BCUT2D eigenvalue weighted by molar-refractivity contribution is 0.121. The molecule has 2 rings (SSSR count). The monoisotopic (exact) mass is 251 g/mol. The maximum atomic E-state index is 5.75. The minimum absolute atomic E-state index is 0.452. The van der Waals surface area contributed by atoms with Crippen LogP contribution in [-0.2, 0) is 4.74 Å². The SMILES string of the molecule is CNC(C1=CCCO1)C1CCC(C(C)(C)C)CC1. The van der Waals surface area contributed by atoms with Gasteiger partial charge in [-0.25, -0.2) is 0 Å². The highest BCUT2D eigenvalue weighted by Crippen LogP contribution is 2.41. The summed E-state index contributed by atoms with van der Waals surface area (Å²) in [6, 6.07) is 0.452. The van der Waals surface area contributed by atoms with E-state index in [0.717, 1.165) is 24.9 Å². The molecule has 0 bridgehead atoms. The third kappa shape index (κ3) is 3.09. The predicted molar refractivity (Wildman–Crippen MR) is 76.4 cm³/mol. The van der Waals surface area contributed by atoms with Crippen LogP contribution >= 0.6 is 0 Å². The Morgan fingerprint density at radius 1 is 1.22 bits per heavy atom. The van der Waals surface area contributed by atoms with Crippen LogP contribution in [0.3, 0.4) is 0 Å². The maximum absolute atomic E-state index is 5.75. The van der Waals surface area contributed by atoms with Crippen LogP contribution in [0, 0.1) is 17.3 Å². The van der Waals surface area contributed by atoms with Gasteiger partial charge in [0, 0.05) is 6.42 Å². The van der Waals surface area contributed by atoms with E-state index in [1.54, 1.807) is 0 Å². The van der Waals surface area contributed by atoms with Crippen molar-refractivity contribution in [1.82, 2.24) is 5.32 Å². The van der Waals surface area contributed by atoms with Crippen molar-refractivity contribution in [2.45, 2.75) is 58.9 Å².